The molecule has 0 aromatic heterocycles. The summed E-state index contributed by atoms with van der Waals surface area (Å²) in [4.78, 5) is 36.0. The van der Waals surface area contributed by atoms with Gasteiger partial charge < -0.3 is 10.6 Å². The molecular weight excluding hydrogens is 328 g/mol. The van der Waals surface area contributed by atoms with Crippen LogP contribution in [0.5, 0.6) is 0 Å². The predicted molar refractivity (Wildman–Crippen MR) is 103 cm³/mol. The number of Topliss-reactive ketones (excluding diaryl/α,β-unsaturated/α-hetero) is 1. The summed E-state index contributed by atoms with van der Waals surface area (Å²) in [7, 11) is 0. The Bertz CT molecular complexity index is 775. The van der Waals surface area contributed by atoms with Gasteiger partial charge in [0.15, 0.2) is 5.78 Å². The maximum absolute atomic E-state index is 12.0. The van der Waals surface area contributed by atoms with E-state index in [2.05, 4.69) is 10.6 Å². The molecule has 0 bridgehead atoms. The summed E-state index contributed by atoms with van der Waals surface area (Å²) in [6.45, 7) is 5.52. The van der Waals surface area contributed by atoms with Crippen molar-refractivity contribution < 1.29 is 14.4 Å². The molecule has 0 aliphatic heterocycles. The van der Waals surface area contributed by atoms with E-state index in [1.165, 1.54) is 0 Å². The van der Waals surface area contributed by atoms with Gasteiger partial charge in [-0.15, -0.1) is 0 Å². The van der Waals surface area contributed by atoms with Crippen LogP contribution in [-0.2, 0) is 9.59 Å². The zero-order chi connectivity index (χ0) is 19.2. The molecule has 2 rings (SSSR count). The normalized spacial score (nSPS) is 10.9. The Morgan fingerprint density at radius 1 is 0.769 bits per heavy atom. The lowest BCUT2D eigenvalue weighted by atomic mass is 9.95. The monoisotopic (exact) mass is 352 g/mol. The Morgan fingerprint density at radius 3 is 1.85 bits per heavy atom. The molecule has 0 saturated carbocycles. The average molecular weight is 352 g/mol. The molecule has 2 aromatic rings. The van der Waals surface area contributed by atoms with Gasteiger partial charge in [-0.3, -0.25) is 14.4 Å². The average Bonchev–Trinajstić information content (AvgIpc) is 2.61. The largest absolute Gasteiger partial charge is 0.326 e. The van der Waals surface area contributed by atoms with Crippen molar-refractivity contribution in [3.8, 4) is 0 Å². The summed E-state index contributed by atoms with van der Waals surface area (Å²) in [6.07, 6.45) is 0.284. The lowest BCUT2D eigenvalue weighted by molar-refractivity contribution is -0.123. The van der Waals surface area contributed by atoms with Crippen molar-refractivity contribution in [3.05, 3.63) is 60.2 Å². The molecule has 0 fully saturated rings. The number of amides is 2. The minimum atomic E-state index is -0.474. The van der Waals surface area contributed by atoms with Crippen LogP contribution in [0, 0.1) is 5.41 Å². The molecule has 26 heavy (non-hydrogen) atoms. The van der Waals surface area contributed by atoms with Gasteiger partial charge in [-0.05, 0) is 24.3 Å². The third-order valence-corrected chi connectivity index (χ3v) is 3.78. The van der Waals surface area contributed by atoms with Gasteiger partial charge in [0, 0.05) is 35.2 Å². The van der Waals surface area contributed by atoms with Crippen molar-refractivity contribution in [3.63, 3.8) is 0 Å². The summed E-state index contributed by atoms with van der Waals surface area (Å²) in [5.41, 5.74) is 1.43. The molecule has 2 N–H and O–H groups in total. The highest BCUT2D eigenvalue weighted by Gasteiger charge is 2.21. The highest BCUT2D eigenvalue weighted by Crippen LogP contribution is 2.19. The highest BCUT2D eigenvalue weighted by atomic mass is 16.2. The first-order valence-electron chi connectivity index (χ1n) is 8.55. The van der Waals surface area contributed by atoms with Crippen LogP contribution in [0.4, 0.5) is 11.4 Å². The number of nitrogens with one attached hydrogen (secondary N) is 2. The Balaban J connectivity index is 1.84. The van der Waals surface area contributed by atoms with Gasteiger partial charge in [0.25, 0.3) is 0 Å². The van der Waals surface area contributed by atoms with Crippen molar-refractivity contribution in [1.29, 1.82) is 0 Å². The molecule has 5 nitrogen and oxygen atoms in total. The molecule has 0 aliphatic rings. The summed E-state index contributed by atoms with van der Waals surface area (Å²) < 4.78 is 0. The summed E-state index contributed by atoms with van der Waals surface area (Å²) in [6, 6.07) is 15.8. The van der Waals surface area contributed by atoms with E-state index >= 15 is 0 Å². The number of ketones is 1. The van der Waals surface area contributed by atoms with Crippen LogP contribution in [0.25, 0.3) is 0 Å². The van der Waals surface area contributed by atoms with Crippen molar-refractivity contribution in [2.24, 2.45) is 5.41 Å². The van der Waals surface area contributed by atoms with E-state index in [-0.39, 0.29) is 30.4 Å². The van der Waals surface area contributed by atoms with E-state index in [1.54, 1.807) is 48.5 Å². The Hall–Kier alpha value is -2.95. The van der Waals surface area contributed by atoms with Crippen molar-refractivity contribution >= 4 is 29.0 Å². The van der Waals surface area contributed by atoms with Crippen LogP contribution >= 0.6 is 0 Å². The van der Waals surface area contributed by atoms with Crippen LogP contribution in [0.2, 0.25) is 0 Å². The second kappa shape index (κ2) is 8.43. The van der Waals surface area contributed by atoms with Crippen LogP contribution in [-0.4, -0.2) is 17.6 Å². The Kier molecular flexibility index (Phi) is 6.28. The van der Waals surface area contributed by atoms with Crippen molar-refractivity contribution in [2.45, 2.75) is 33.6 Å². The molecule has 136 valence electrons. The number of hydrogen-bond donors (Lipinski definition) is 2. The van der Waals surface area contributed by atoms with Gasteiger partial charge in [0.2, 0.25) is 11.8 Å². The second-order valence-corrected chi connectivity index (χ2v) is 7.12. The zero-order valence-corrected chi connectivity index (χ0v) is 15.3. The minimum absolute atomic E-state index is 0.0546. The molecule has 5 heteroatoms. The summed E-state index contributed by atoms with van der Waals surface area (Å²) in [5.74, 6) is -0.351. The molecule has 0 radical (unpaired) electrons. The molecule has 0 atom stereocenters. The van der Waals surface area contributed by atoms with Gasteiger partial charge in [-0.25, -0.2) is 0 Å². The fourth-order valence-corrected chi connectivity index (χ4v) is 2.17. The first-order valence-corrected chi connectivity index (χ1v) is 8.55. The van der Waals surface area contributed by atoms with E-state index in [1.807, 2.05) is 26.8 Å². The Morgan fingerprint density at radius 2 is 1.31 bits per heavy atom. The number of benzene rings is 2. The molecule has 0 unspecified atom stereocenters. The number of rotatable bonds is 6. The third kappa shape index (κ3) is 5.84. The zero-order valence-electron chi connectivity index (χ0n) is 15.3. The van der Waals surface area contributed by atoms with Crippen LogP contribution < -0.4 is 10.6 Å². The molecule has 0 aliphatic carbocycles. The van der Waals surface area contributed by atoms with Crippen molar-refractivity contribution in [1.82, 2.24) is 0 Å². The van der Waals surface area contributed by atoms with Crippen molar-refractivity contribution in [2.75, 3.05) is 10.6 Å². The quantitative estimate of drug-likeness (QED) is 0.762. The number of anilines is 2. The molecule has 0 saturated heterocycles. The number of hydrogen-bond acceptors (Lipinski definition) is 3. The lowest BCUT2D eigenvalue weighted by Crippen LogP contribution is -2.27. The smallest absolute Gasteiger partial charge is 0.229 e. The molecule has 0 spiro atoms. The summed E-state index contributed by atoms with van der Waals surface area (Å²) in [5, 5.41) is 5.58. The lowest BCUT2D eigenvalue weighted by Gasteiger charge is -2.17. The van der Waals surface area contributed by atoms with Gasteiger partial charge in [0.1, 0.15) is 0 Å². The second-order valence-electron chi connectivity index (χ2n) is 7.12. The van der Waals surface area contributed by atoms with Gasteiger partial charge in [-0.1, -0.05) is 51.1 Å². The highest BCUT2D eigenvalue weighted by molar-refractivity contribution is 6.00. The maximum atomic E-state index is 12.0. The van der Waals surface area contributed by atoms with Gasteiger partial charge in [0.05, 0.1) is 0 Å². The van der Waals surface area contributed by atoms with E-state index in [4.69, 9.17) is 0 Å². The SMILES string of the molecule is CC(C)(C)C(=O)Nc1ccc(NC(=O)CCC(=O)c2ccccc2)cc1. The van der Waals surface area contributed by atoms with E-state index in [0.29, 0.717) is 16.9 Å². The molecule has 2 amide bonds. The van der Waals surface area contributed by atoms with Gasteiger partial charge in [-0.2, -0.15) is 0 Å². The van der Waals surface area contributed by atoms with Crippen LogP contribution in [0.1, 0.15) is 44.0 Å². The Labute approximate surface area is 153 Å². The van der Waals surface area contributed by atoms with E-state index in [0.717, 1.165) is 0 Å². The first kappa shape index (κ1) is 19.4. The van der Waals surface area contributed by atoms with Crippen LogP contribution in [0.15, 0.2) is 54.6 Å². The molecule has 2 aromatic carbocycles. The standard InChI is InChI=1S/C21H24N2O3/c1-21(2,3)20(26)23-17-11-9-16(10-12-17)22-19(25)14-13-18(24)15-7-5-4-6-8-15/h4-12H,13-14H2,1-3H3,(H,22,25)(H,23,26). The fourth-order valence-electron chi connectivity index (χ4n) is 2.17. The topological polar surface area (TPSA) is 75.3 Å². The third-order valence-electron chi connectivity index (χ3n) is 3.78. The number of carbonyl (C=O) groups is 3. The van der Waals surface area contributed by atoms with E-state index < -0.39 is 5.41 Å². The maximum Gasteiger partial charge on any atom is 0.229 e. The fraction of sp³-hybridized carbons (Fsp3) is 0.286. The summed E-state index contributed by atoms with van der Waals surface area (Å²) >= 11 is 0. The van der Waals surface area contributed by atoms with Crippen LogP contribution in [0.3, 0.4) is 0 Å². The minimum Gasteiger partial charge on any atom is -0.326 e. The number of carbonyl (C=O) groups excluding carboxylic acids is 3. The van der Waals surface area contributed by atoms with E-state index in [9.17, 15) is 14.4 Å². The first-order chi connectivity index (χ1) is 12.3. The molecule has 0 heterocycles. The predicted octanol–water partition coefficient (Wildman–Crippen LogP) is 4.27. The van der Waals surface area contributed by atoms with Gasteiger partial charge >= 0.3 is 0 Å². The molecular formula is C21H24N2O3.